The van der Waals surface area contributed by atoms with E-state index in [4.69, 9.17) is 0 Å². The number of aliphatic hydroxyl groups is 1. The molecule has 0 aromatic heterocycles. The standard InChI is InChI=1S/C14H30O/c1-11(2)8-9-14(7,15)10-13(5,6)12(3)4/h11-12,15H,8-10H2,1-7H3. The van der Waals surface area contributed by atoms with Crippen molar-refractivity contribution in [3.8, 4) is 0 Å². The number of rotatable bonds is 6. The molecule has 0 radical (unpaired) electrons. The molecule has 1 unspecified atom stereocenters. The molecule has 0 aromatic carbocycles. The summed E-state index contributed by atoms with van der Waals surface area (Å²) in [6.07, 6.45) is 2.92. The van der Waals surface area contributed by atoms with Crippen molar-refractivity contribution in [1.82, 2.24) is 0 Å². The van der Waals surface area contributed by atoms with E-state index in [0.29, 0.717) is 11.8 Å². The molecule has 0 aliphatic rings. The maximum atomic E-state index is 10.3. The van der Waals surface area contributed by atoms with Crippen LogP contribution in [0.25, 0.3) is 0 Å². The maximum absolute atomic E-state index is 10.3. The van der Waals surface area contributed by atoms with E-state index in [1.54, 1.807) is 0 Å². The van der Waals surface area contributed by atoms with E-state index in [1.807, 2.05) is 6.92 Å². The first-order valence-electron chi connectivity index (χ1n) is 6.29. The first-order chi connectivity index (χ1) is 6.57. The summed E-state index contributed by atoms with van der Waals surface area (Å²) < 4.78 is 0. The van der Waals surface area contributed by atoms with E-state index >= 15 is 0 Å². The molecule has 1 N–H and O–H groups in total. The summed E-state index contributed by atoms with van der Waals surface area (Å²) in [5.41, 5.74) is -0.279. The van der Waals surface area contributed by atoms with Crippen LogP contribution in [0.15, 0.2) is 0 Å². The first kappa shape index (κ1) is 15.0. The largest absolute Gasteiger partial charge is 0.390 e. The molecule has 0 heterocycles. The molecule has 0 spiro atoms. The molecule has 0 aliphatic heterocycles. The van der Waals surface area contributed by atoms with Crippen molar-refractivity contribution in [3.05, 3.63) is 0 Å². The van der Waals surface area contributed by atoms with E-state index in [2.05, 4.69) is 41.5 Å². The van der Waals surface area contributed by atoms with Crippen molar-refractivity contribution in [3.63, 3.8) is 0 Å². The smallest absolute Gasteiger partial charge is 0.0625 e. The van der Waals surface area contributed by atoms with Crippen LogP contribution in [0.3, 0.4) is 0 Å². The lowest BCUT2D eigenvalue weighted by Crippen LogP contribution is -2.34. The fourth-order valence-corrected chi connectivity index (χ4v) is 1.87. The Kier molecular flexibility index (Phi) is 5.32. The van der Waals surface area contributed by atoms with Crippen molar-refractivity contribution >= 4 is 0 Å². The molecule has 0 aromatic rings. The van der Waals surface area contributed by atoms with Gasteiger partial charge in [0.05, 0.1) is 5.60 Å². The second-order valence-electron chi connectivity index (χ2n) is 6.75. The van der Waals surface area contributed by atoms with Gasteiger partial charge < -0.3 is 5.11 Å². The third-order valence-electron chi connectivity index (χ3n) is 3.66. The fourth-order valence-electron chi connectivity index (χ4n) is 1.87. The topological polar surface area (TPSA) is 20.2 Å². The summed E-state index contributed by atoms with van der Waals surface area (Å²) in [7, 11) is 0. The zero-order chi connectivity index (χ0) is 12.3. The predicted molar refractivity (Wildman–Crippen MR) is 67.9 cm³/mol. The molecule has 1 heteroatoms. The van der Waals surface area contributed by atoms with Gasteiger partial charge in [-0.05, 0) is 43.4 Å². The van der Waals surface area contributed by atoms with Crippen molar-refractivity contribution in [1.29, 1.82) is 0 Å². The van der Waals surface area contributed by atoms with Crippen LogP contribution in [0.2, 0.25) is 0 Å². The van der Waals surface area contributed by atoms with Gasteiger partial charge in [-0.25, -0.2) is 0 Å². The van der Waals surface area contributed by atoms with Crippen LogP contribution in [-0.2, 0) is 0 Å². The van der Waals surface area contributed by atoms with Crippen LogP contribution < -0.4 is 0 Å². The Bertz CT molecular complexity index is 178. The fraction of sp³-hybridized carbons (Fsp3) is 1.00. The summed E-state index contributed by atoms with van der Waals surface area (Å²) in [6.45, 7) is 15.4. The lowest BCUT2D eigenvalue weighted by molar-refractivity contribution is -0.00943. The van der Waals surface area contributed by atoms with Crippen molar-refractivity contribution in [2.24, 2.45) is 17.3 Å². The van der Waals surface area contributed by atoms with Gasteiger partial charge in [-0.3, -0.25) is 0 Å². The highest BCUT2D eigenvalue weighted by Crippen LogP contribution is 2.37. The Hall–Kier alpha value is -0.0400. The SMILES string of the molecule is CC(C)CCC(C)(O)CC(C)(C)C(C)C. The van der Waals surface area contributed by atoms with Crippen LogP contribution in [0, 0.1) is 17.3 Å². The minimum Gasteiger partial charge on any atom is -0.390 e. The summed E-state index contributed by atoms with van der Waals surface area (Å²) in [5, 5.41) is 10.3. The molecule has 92 valence electrons. The van der Waals surface area contributed by atoms with Gasteiger partial charge in [-0.2, -0.15) is 0 Å². The highest BCUT2D eigenvalue weighted by atomic mass is 16.3. The van der Waals surface area contributed by atoms with Gasteiger partial charge >= 0.3 is 0 Å². The van der Waals surface area contributed by atoms with Gasteiger partial charge in [0.2, 0.25) is 0 Å². The number of hydrogen-bond acceptors (Lipinski definition) is 1. The predicted octanol–water partition coefficient (Wildman–Crippen LogP) is 4.25. The molecule has 0 aliphatic carbocycles. The quantitative estimate of drug-likeness (QED) is 0.701. The van der Waals surface area contributed by atoms with Crippen LogP contribution >= 0.6 is 0 Å². The van der Waals surface area contributed by atoms with E-state index in [0.717, 1.165) is 19.3 Å². The minimum absolute atomic E-state index is 0.223. The zero-order valence-electron chi connectivity index (χ0n) is 11.7. The lowest BCUT2D eigenvalue weighted by Gasteiger charge is -2.37. The van der Waals surface area contributed by atoms with Gasteiger partial charge in [-0.1, -0.05) is 41.5 Å². The average molecular weight is 214 g/mol. The molecule has 0 saturated carbocycles. The van der Waals surface area contributed by atoms with Gasteiger partial charge in [0.15, 0.2) is 0 Å². The highest BCUT2D eigenvalue weighted by molar-refractivity contribution is 4.84. The Morgan fingerprint density at radius 3 is 1.80 bits per heavy atom. The molecule has 1 atom stereocenters. The van der Waals surface area contributed by atoms with E-state index < -0.39 is 5.60 Å². The molecule has 0 saturated heterocycles. The third-order valence-corrected chi connectivity index (χ3v) is 3.66. The maximum Gasteiger partial charge on any atom is 0.0625 e. The molecule has 0 rings (SSSR count). The summed E-state index contributed by atoms with van der Waals surface area (Å²) >= 11 is 0. The van der Waals surface area contributed by atoms with E-state index in [9.17, 15) is 5.11 Å². The normalized spacial score (nSPS) is 17.2. The Balaban J connectivity index is 4.24. The van der Waals surface area contributed by atoms with Gasteiger partial charge in [0, 0.05) is 0 Å². The van der Waals surface area contributed by atoms with Crippen LogP contribution in [0.5, 0.6) is 0 Å². The minimum atomic E-state index is -0.502. The van der Waals surface area contributed by atoms with Crippen molar-refractivity contribution < 1.29 is 5.11 Å². The monoisotopic (exact) mass is 214 g/mol. The van der Waals surface area contributed by atoms with Crippen LogP contribution in [0.4, 0.5) is 0 Å². The molecule has 15 heavy (non-hydrogen) atoms. The second kappa shape index (κ2) is 5.34. The second-order valence-corrected chi connectivity index (χ2v) is 6.75. The van der Waals surface area contributed by atoms with Crippen LogP contribution in [-0.4, -0.2) is 10.7 Å². The lowest BCUT2D eigenvalue weighted by atomic mass is 9.72. The molecule has 0 fully saturated rings. The molecule has 0 amide bonds. The summed E-state index contributed by atoms with van der Waals surface area (Å²) in [5.74, 6) is 1.29. The van der Waals surface area contributed by atoms with Gasteiger partial charge in [0.1, 0.15) is 0 Å². The van der Waals surface area contributed by atoms with Gasteiger partial charge in [-0.15, -0.1) is 0 Å². The first-order valence-corrected chi connectivity index (χ1v) is 6.29. The molecular formula is C14H30O. The van der Waals surface area contributed by atoms with Crippen molar-refractivity contribution in [2.75, 3.05) is 0 Å². The molecular weight excluding hydrogens is 184 g/mol. The van der Waals surface area contributed by atoms with E-state index in [-0.39, 0.29) is 5.41 Å². The molecule has 1 nitrogen and oxygen atoms in total. The number of hydrogen-bond donors (Lipinski definition) is 1. The van der Waals surface area contributed by atoms with Crippen LogP contribution in [0.1, 0.15) is 67.7 Å². The van der Waals surface area contributed by atoms with Crippen molar-refractivity contribution in [2.45, 2.75) is 73.3 Å². The Morgan fingerprint density at radius 1 is 1.00 bits per heavy atom. The summed E-state index contributed by atoms with van der Waals surface area (Å²) in [4.78, 5) is 0. The summed E-state index contributed by atoms with van der Waals surface area (Å²) in [6, 6.07) is 0. The van der Waals surface area contributed by atoms with Gasteiger partial charge in [0.25, 0.3) is 0 Å². The zero-order valence-corrected chi connectivity index (χ0v) is 11.7. The Labute approximate surface area is 96.3 Å². The van der Waals surface area contributed by atoms with E-state index in [1.165, 1.54) is 0 Å². The third kappa shape index (κ3) is 6.19. The Morgan fingerprint density at radius 2 is 1.47 bits per heavy atom. The highest BCUT2D eigenvalue weighted by Gasteiger charge is 2.32. The molecule has 0 bridgehead atoms. The average Bonchev–Trinajstić information content (AvgIpc) is 1.99.